The molecule has 0 saturated carbocycles. The number of aromatic nitrogens is 2. The van der Waals surface area contributed by atoms with Crippen molar-refractivity contribution in [3.63, 3.8) is 0 Å². The third-order valence-electron chi connectivity index (χ3n) is 2.97. The molecular formula is C14H17N3O. The van der Waals surface area contributed by atoms with E-state index in [2.05, 4.69) is 36.2 Å². The first-order valence-electron chi connectivity index (χ1n) is 6.01. The molecule has 0 saturated heterocycles. The highest BCUT2D eigenvalue weighted by Crippen LogP contribution is 2.20. The number of nitrogens with one attached hydrogen (secondary N) is 1. The molecule has 0 aliphatic rings. The summed E-state index contributed by atoms with van der Waals surface area (Å²) < 4.78 is 0. The van der Waals surface area contributed by atoms with Gasteiger partial charge >= 0.3 is 0 Å². The molecule has 18 heavy (non-hydrogen) atoms. The van der Waals surface area contributed by atoms with E-state index >= 15 is 0 Å². The zero-order valence-electron chi connectivity index (χ0n) is 10.6. The molecule has 4 nitrogen and oxygen atoms in total. The predicted molar refractivity (Wildman–Crippen MR) is 72.3 cm³/mol. The standard InChI is InChI=1S/C14H17N3O/c1-9(2)10-3-5-11(6-4-10)13-7-12(8-15)14(18)17-16-13/h3-7,9H,8,15H2,1-2H3,(H,17,18). The largest absolute Gasteiger partial charge is 0.326 e. The summed E-state index contributed by atoms with van der Waals surface area (Å²) in [7, 11) is 0. The minimum Gasteiger partial charge on any atom is -0.326 e. The number of hydrogen-bond donors (Lipinski definition) is 2. The topological polar surface area (TPSA) is 71.8 Å². The van der Waals surface area contributed by atoms with Gasteiger partial charge in [0.05, 0.1) is 5.69 Å². The normalized spacial score (nSPS) is 10.9. The Labute approximate surface area is 106 Å². The molecule has 0 radical (unpaired) electrons. The van der Waals surface area contributed by atoms with E-state index in [1.807, 2.05) is 12.1 Å². The first kappa shape index (κ1) is 12.5. The van der Waals surface area contributed by atoms with Crippen LogP contribution in [0.3, 0.4) is 0 Å². The lowest BCUT2D eigenvalue weighted by molar-refractivity contribution is 0.866. The summed E-state index contributed by atoms with van der Waals surface area (Å²) in [6.45, 7) is 4.52. The van der Waals surface area contributed by atoms with Crippen LogP contribution >= 0.6 is 0 Å². The van der Waals surface area contributed by atoms with Crippen LogP contribution in [0.15, 0.2) is 35.1 Å². The Morgan fingerprint density at radius 3 is 2.50 bits per heavy atom. The number of aromatic amines is 1. The number of nitrogens with two attached hydrogens (primary N) is 1. The van der Waals surface area contributed by atoms with E-state index in [0.29, 0.717) is 11.5 Å². The molecule has 0 unspecified atom stereocenters. The van der Waals surface area contributed by atoms with Gasteiger partial charge in [-0.1, -0.05) is 38.1 Å². The van der Waals surface area contributed by atoms with Gasteiger partial charge in [0.15, 0.2) is 0 Å². The zero-order chi connectivity index (χ0) is 13.1. The Kier molecular flexibility index (Phi) is 3.58. The van der Waals surface area contributed by atoms with Gasteiger partial charge < -0.3 is 5.73 Å². The Hall–Kier alpha value is -1.94. The second-order valence-corrected chi connectivity index (χ2v) is 4.59. The van der Waals surface area contributed by atoms with E-state index in [-0.39, 0.29) is 12.1 Å². The van der Waals surface area contributed by atoms with Crippen molar-refractivity contribution in [2.75, 3.05) is 0 Å². The van der Waals surface area contributed by atoms with Crippen LogP contribution in [0.2, 0.25) is 0 Å². The van der Waals surface area contributed by atoms with Crippen LogP contribution in [0.25, 0.3) is 11.3 Å². The minimum absolute atomic E-state index is 0.217. The van der Waals surface area contributed by atoms with Gasteiger partial charge in [-0.25, -0.2) is 5.10 Å². The van der Waals surface area contributed by atoms with E-state index in [0.717, 1.165) is 11.3 Å². The molecule has 2 aromatic rings. The lowest BCUT2D eigenvalue weighted by Crippen LogP contribution is -2.17. The average Bonchev–Trinajstić information content (AvgIpc) is 2.39. The van der Waals surface area contributed by atoms with Crippen molar-refractivity contribution in [3.8, 4) is 11.3 Å². The van der Waals surface area contributed by atoms with Crippen LogP contribution in [0.1, 0.15) is 30.9 Å². The van der Waals surface area contributed by atoms with Crippen molar-refractivity contribution in [2.45, 2.75) is 26.3 Å². The molecule has 94 valence electrons. The number of hydrogen-bond acceptors (Lipinski definition) is 3. The summed E-state index contributed by atoms with van der Waals surface area (Å²) in [6, 6.07) is 9.92. The molecule has 0 amide bonds. The second kappa shape index (κ2) is 5.14. The molecule has 0 aliphatic heterocycles. The molecule has 1 aromatic heterocycles. The summed E-state index contributed by atoms with van der Waals surface area (Å²) >= 11 is 0. The van der Waals surface area contributed by atoms with Crippen molar-refractivity contribution in [1.29, 1.82) is 0 Å². The Bertz CT molecular complexity index is 585. The van der Waals surface area contributed by atoms with Crippen molar-refractivity contribution in [1.82, 2.24) is 10.2 Å². The fourth-order valence-corrected chi connectivity index (χ4v) is 1.78. The van der Waals surface area contributed by atoms with Crippen molar-refractivity contribution >= 4 is 0 Å². The molecule has 1 aromatic carbocycles. The van der Waals surface area contributed by atoms with Crippen molar-refractivity contribution in [2.24, 2.45) is 5.73 Å². The van der Waals surface area contributed by atoms with Crippen LogP contribution in [0, 0.1) is 0 Å². The van der Waals surface area contributed by atoms with E-state index < -0.39 is 0 Å². The fraction of sp³-hybridized carbons (Fsp3) is 0.286. The third-order valence-corrected chi connectivity index (χ3v) is 2.97. The molecule has 4 heteroatoms. The van der Waals surface area contributed by atoms with E-state index in [4.69, 9.17) is 5.73 Å². The van der Waals surface area contributed by atoms with Crippen LogP contribution in [-0.4, -0.2) is 10.2 Å². The fourth-order valence-electron chi connectivity index (χ4n) is 1.78. The smallest absolute Gasteiger partial charge is 0.268 e. The maximum absolute atomic E-state index is 11.4. The number of rotatable bonds is 3. The molecule has 0 bridgehead atoms. The van der Waals surface area contributed by atoms with Crippen LogP contribution in [-0.2, 0) is 6.54 Å². The van der Waals surface area contributed by atoms with E-state index in [1.54, 1.807) is 6.07 Å². The average molecular weight is 243 g/mol. The molecule has 2 rings (SSSR count). The Morgan fingerprint density at radius 1 is 1.28 bits per heavy atom. The third kappa shape index (κ3) is 2.49. The summed E-state index contributed by atoms with van der Waals surface area (Å²) in [5.74, 6) is 0.502. The van der Waals surface area contributed by atoms with E-state index in [9.17, 15) is 4.79 Å². The quantitative estimate of drug-likeness (QED) is 0.866. The zero-order valence-corrected chi connectivity index (χ0v) is 10.6. The SMILES string of the molecule is CC(C)c1ccc(-c2cc(CN)c(=O)[nH]n2)cc1. The van der Waals surface area contributed by atoms with E-state index in [1.165, 1.54) is 5.56 Å². The lowest BCUT2D eigenvalue weighted by atomic mass is 10.0. The van der Waals surface area contributed by atoms with Crippen molar-refractivity contribution < 1.29 is 0 Å². The second-order valence-electron chi connectivity index (χ2n) is 4.59. The Morgan fingerprint density at radius 2 is 1.94 bits per heavy atom. The molecule has 3 N–H and O–H groups in total. The minimum atomic E-state index is -0.222. The number of benzene rings is 1. The van der Waals surface area contributed by atoms with Gasteiger partial charge in [0.2, 0.25) is 0 Å². The van der Waals surface area contributed by atoms with Crippen LogP contribution in [0.4, 0.5) is 0 Å². The highest BCUT2D eigenvalue weighted by atomic mass is 16.1. The van der Waals surface area contributed by atoms with Gasteiger partial charge in [0.1, 0.15) is 0 Å². The maximum Gasteiger partial charge on any atom is 0.268 e. The summed E-state index contributed by atoms with van der Waals surface area (Å²) in [6.07, 6.45) is 0. The molecule has 0 spiro atoms. The molecule has 1 heterocycles. The molecular weight excluding hydrogens is 226 g/mol. The lowest BCUT2D eigenvalue weighted by Gasteiger charge is -2.07. The highest BCUT2D eigenvalue weighted by molar-refractivity contribution is 5.59. The number of nitrogens with zero attached hydrogens (tertiary/aromatic N) is 1. The van der Waals surface area contributed by atoms with Crippen LogP contribution < -0.4 is 11.3 Å². The monoisotopic (exact) mass is 243 g/mol. The van der Waals surface area contributed by atoms with Crippen LogP contribution in [0.5, 0.6) is 0 Å². The summed E-state index contributed by atoms with van der Waals surface area (Å²) in [5.41, 5.74) is 8.84. The molecule has 0 fully saturated rings. The highest BCUT2D eigenvalue weighted by Gasteiger charge is 2.05. The number of H-pyrrole nitrogens is 1. The predicted octanol–water partition coefficient (Wildman–Crippen LogP) is 2.02. The first-order chi connectivity index (χ1) is 8.61. The van der Waals surface area contributed by atoms with Gasteiger partial charge in [-0.2, -0.15) is 5.10 Å². The first-order valence-corrected chi connectivity index (χ1v) is 6.01. The van der Waals surface area contributed by atoms with Gasteiger partial charge in [0.25, 0.3) is 5.56 Å². The van der Waals surface area contributed by atoms with Gasteiger partial charge in [-0.15, -0.1) is 0 Å². The summed E-state index contributed by atoms with van der Waals surface area (Å²) in [5, 5.41) is 6.51. The van der Waals surface area contributed by atoms with Gasteiger partial charge in [-0.05, 0) is 17.5 Å². The Balaban J connectivity index is 2.39. The summed E-state index contributed by atoms with van der Waals surface area (Å²) in [4.78, 5) is 11.4. The molecule has 0 aliphatic carbocycles. The maximum atomic E-state index is 11.4. The van der Waals surface area contributed by atoms with Gasteiger partial charge in [0, 0.05) is 17.7 Å². The van der Waals surface area contributed by atoms with Gasteiger partial charge in [-0.3, -0.25) is 4.79 Å². The molecule has 0 atom stereocenters. The van der Waals surface area contributed by atoms with Crippen molar-refractivity contribution in [3.05, 3.63) is 51.8 Å².